The fraction of sp³-hybridized carbons (Fsp3) is 0.500. The van der Waals surface area contributed by atoms with Crippen LogP contribution >= 0.6 is 0 Å². The van der Waals surface area contributed by atoms with E-state index < -0.39 is 0 Å². The second-order valence-electron chi connectivity index (χ2n) is 2.93. The maximum Gasteiger partial charge on any atom is 0.260 e. The molecule has 2 aromatic rings. The van der Waals surface area contributed by atoms with Crippen molar-refractivity contribution in [1.82, 2.24) is 24.6 Å². The Morgan fingerprint density at radius 2 is 2.00 bits per heavy atom. The molecule has 0 amide bonds. The molecule has 0 radical (unpaired) electrons. The third-order valence-corrected chi connectivity index (χ3v) is 1.85. The number of rotatable bonds is 4. The molecule has 7 heteroatoms. The van der Waals surface area contributed by atoms with Crippen LogP contribution in [0.15, 0.2) is 6.33 Å². The second-order valence-corrected chi connectivity index (χ2v) is 2.93. The third-order valence-electron chi connectivity index (χ3n) is 1.85. The molecule has 2 rings (SSSR count). The van der Waals surface area contributed by atoms with Crippen LogP contribution < -0.4 is 10.6 Å². The predicted octanol–water partition coefficient (Wildman–Crippen LogP) is 0.383. The van der Waals surface area contributed by atoms with Crippen LogP contribution in [0.4, 0.5) is 11.9 Å². The van der Waals surface area contributed by atoms with Gasteiger partial charge in [0.15, 0.2) is 0 Å². The Labute approximate surface area is 87.0 Å². The van der Waals surface area contributed by atoms with E-state index in [9.17, 15) is 0 Å². The molecular formula is C8H13N7. The second kappa shape index (κ2) is 4.07. The highest BCUT2D eigenvalue weighted by Crippen LogP contribution is 2.08. The number of nitrogens with one attached hydrogen (secondary N) is 2. The fourth-order valence-electron chi connectivity index (χ4n) is 1.25. The van der Waals surface area contributed by atoms with Crippen molar-refractivity contribution >= 4 is 17.7 Å². The largest absolute Gasteiger partial charge is 0.355 e. The van der Waals surface area contributed by atoms with Gasteiger partial charge in [0.05, 0.1) is 0 Å². The Hall–Kier alpha value is -1.92. The maximum atomic E-state index is 4.30. The zero-order valence-electron chi connectivity index (χ0n) is 8.73. The molecule has 0 aliphatic rings. The minimum atomic E-state index is 0.539. The highest BCUT2D eigenvalue weighted by molar-refractivity contribution is 5.44. The lowest BCUT2D eigenvalue weighted by Gasteiger charge is -2.07. The highest BCUT2D eigenvalue weighted by atomic mass is 15.3. The summed E-state index contributed by atoms with van der Waals surface area (Å²) in [7, 11) is 0. The average molecular weight is 207 g/mol. The van der Waals surface area contributed by atoms with E-state index in [1.54, 1.807) is 10.7 Å². The number of hydrogen-bond donors (Lipinski definition) is 2. The van der Waals surface area contributed by atoms with Crippen molar-refractivity contribution in [3.63, 3.8) is 0 Å². The first-order valence-electron chi connectivity index (χ1n) is 4.90. The van der Waals surface area contributed by atoms with Gasteiger partial charge in [0.1, 0.15) is 6.33 Å². The van der Waals surface area contributed by atoms with E-state index in [0.717, 1.165) is 13.1 Å². The summed E-state index contributed by atoms with van der Waals surface area (Å²) in [6.07, 6.45) is 1.59. The molecule has 0 unspecified atom stereocenters. The first-order chi connectivity index (χ1) is 7.35. The molecule has 0 aromatic carbocycles. The van der Waals surface area contributed by atoms with Crippen LogP contribution in [-0.2, 0) is 0 Å². The van der Waals surface area contributed by atoms with Crippen molar-refractivity contribution < 1.29 is 0 Å². The van der Waals surface area contributed by atoms with E-state index in [4.69, 9.17) is 0 Å². The normalized spacial score (nSPS) is 10.5. The van der Waals surface area contributed by atoms with Gasteiger partial charge in [-0.05, 0) is 13.8 Å². The summed E-state index contributed by atoms with van der Waals surface area (Å²) < 4.78 is 1.71. The summed E-state index contributed by atoms with van der Waals surface area (Å²) in [6, 6.07) is 0. The summed E-state index contributed by atoms with van der Waals surface area (Å²) in [6.45, 7) is 5.56. The van der Waals surface area contributed by atoms with Crippen LogP contribution in [0.1, 0.15) is 13.8 Å². The quantitative estimate of drug-likeness (QED) is 0.754. The standard InChI is InChI=1S/C8H13N7/c1-3-9-6-12-7(10-4-2)15-5-11-14-8(15)13-6/h5H,3-4H2,1-2H3,(H2,9,10,12,13,14). The molecule has 0 aliphatic carbocycles. The summed E-state index contributed by atoms with van der Waals surface area (Å²) in [5, 5.41) is 13.8. The molecule has 0 bridgehead atoms. The van der Waals surface area contributed by atoms with E-state index >= 15 is 0 Å². The Bertz CT molecular complexity index is 449. The molecule has 7 nitrogen and oxygen atoms in total. The SMILES string of the molecule is CCNc1nc(NCC)n2cnnc2n1. The topological polar surface area (TPSA) is 80.0 Å². The van der Waals surface area contributed by atoms with Crippen molar-refractivity contribution in [3.8, 4) is 0 Å². The molecule has 2 aromatic heterocycles. The lowest BCUT2D eigenvalue weighted by atomic mass is 10.7. The molecule has 0 fully saturated rings. The third kappa shape index (κ3) is 1.80. The minimum Gasteiger partial charge on any atom is -0.355 e. The van der Waals surface area contributed by atoms with Gasteiger partial charge in [-0.1, -0.05) is 0 Å². The lowest BCUT2D eigenvalue weighted by molar-refractivity contribution is 0.976. The summed E-state index contributed by atoms with van der Waals surface area (Å²) in [5.41, 5.74) is 0. The van der Waals surface area contributed by atoms with Crippen LogP contribution in [0.2, 0.25) is 0 Å². The number of nitrogens with zero attached hydrogens (tertiary/aromatic N) is 5. The predicted molar refractivity (Wildman–Crippen MR) is 56.9 cm³/mol. The Morgan fingerprint density at radius 1 is 1.20 bits per heavy atom. The van der Waals surface area contributed by atoms with E-state index in [1.165, 1.54) is 0 Å². The van der Waals surface area contributed by atoms with Gasteiger partial charge in [0.2, 0.25) is 11.9 Å². The van der Waals surface area contributed by atoms with E-state index in [1.807, 2.05) is 13.8 Å². The van der Waals surface area contributed by atoms with Crippen molar-refractivity contribution in [2.75, 3.05) is 23.7 Å². The molecule has 0 saturated carbocycles. The van der Waals surface area contributed by atoms with Gasteiger partial charge in [-0.3, -0.25) is 0 Å². The van der Waals surface area contributed by atoms with Gasteiger partial charge in [0, 0.05) is 13.1 Å². The summed E-state index contributed by atoms with van der Waals surface area (Å²) >= 11 is 0. The van der Waals surface area contributed by atoms with Gasteiger partial charge in [0.25, 0.3) is 5.78 Å². The number of hydrogen-bond acceptors (Lipinski definition) is 6. The van der Waals surface area contributed by atoms with Crippen LogP contribution in [-0.4, -0.2) is 37.7 Å². The van der Waals surface area contributed by atoms with Crippen molar-refractivity contribution in [3.05, 3.63) is 6.33 Å². The molecule has 0 aliphatic heterocycles. The Morgan fingerprint density at radius 3 is 2.73 bits per heavy atom. The zero-order valence-corrected chi connectivity index (χ0v) is 8.73. The minimum absolute atomic E-state index is 0.539. The van der Waals surface area contributed by atoms with Gasteiger partial charge < -0.3 is 10.6 Å². The Kier molecular flexibility index (Phi) is 2.61. The van der Waals surface area contributed by atoms with Crippen LogP contribution in [0.5, 0.6) is 0 Å². The van der Waals surface area contributed by atoms with Gasteiger partial charge in [-0.15, -0.1) is 10.2 Å². The first-order valence-corrected chi connectivity index (χ1v) is 4.90. The molecule has 0 atom stereocenters. The highest BCUT2D eigenvalue weighted by Gasteiger charge is 2.06. The van der Waals surface area contributed by atoms with Crippen molar-refractivity contribution in [1.29, 1.82) is 0 Å². The molecular weight excluding hydrogens is 194 g/mol. The fourth-order valence-corrected chi connectivity index (χ4v) is 1.25. The number of anilines is 2. The van der Waals surface area contributed by atoms with E-state index in [-0.39, 0.29) is 0 Å². The summed E-state index contributed by atoms with van der Waals surface area (Å²) in [5.74, 6) is 1.80. The van der Waals surface area contributed by atoms with Crippen LogP contribution in [0.3, 0.4) is 0 Å². The molecule has 80 valence electrons. The van der Waals surface area contributed by atoms with E-state index in [2.05, 4.69) is 30.8 Å². The smallest absolute Gasteiger partial charge is 0.260 e. The Balaban J connectivity index is 2.48. The van der Waals surface area contributed by atoms with E-state index in [0.29, 0.717) is 17.7 Å². The maximum absolute atomic E-state index is 4.30. The van der Waals surface area contributed by atoms with Gasteiger partial charge >= 0.3 is 0 Å². The monoisotopic (exact) mass is 207 g/mol. The van der Waals surface area contributed by atoms with Gasteiger partial charge in [-0.2, -0.15) is 9.97 Å². The van der Waals surface area contributed by atoms with Crippen molar-refractivity contribution in [2.24, 2.45) is 0 Å². The summed E-state index contributed by atoms with van der Waals surface area (Å²) in [4.78, 5) is 8.50. The molecule has 2 heterocycles. The zero-order chi connectivity index (χ0) is 10.7. The molecule has 0 spiro atoms. The van der Waals surface area contributed by atoms with Gasteiger partial charge in [-0.25, -0.2) is 4.40 Å². The number of aromatic nitrogens is 5. The molecule has 15 heavy (non-hydrogen) atoms. The molecule has 0 saturated heterocycles. The number of fused-ring (bicyclic) bond motifs is 1. The van der Waals surface area contributed by atoms with Crippen LogP contribution in [0.25, 0.3) is 5.78 Å². The average Bonchev–Trinajstić information content (AvgIpc) is 2.67. The van der Waals surface area contributed by atoms with Crippen LogP contribution in [0, 0.1) is 0 Å². The first kappa shape index (κ1) is 9.63. The lowest BCUT2D eigenvalue weighted by Crippen LogP contribution is -2.10. The van der Waals surface area contributed by atoms with Crippen molar-refractivity contribution in [2.45, 2.75) is 13.8 Å². The molecule has 2 N–H and O–H groups in total.